The van der Waals surface area contributed by atoms with Gasteiger partial charge in [0.25, 0.3) is 0 Å². The molecule has 0 aliphatic carbocycles. The van der Waals surface area contributed by atoms with E-state index in [1.807, 2.05) is 24.3 Å². The van der Waals surface area contributed by atoms with Crippen LogP contribution in [0.3, 0.4) is 0 Å². The Bertz CT molecular complexity index is 723. The highest BCUT2D eigenvalue weighted by atomic mass is 16.5. The Morgan fingerprint density at radius 1 is 1.00 bits per heavy atom. The predicted octanol–water partition coefficient (Wildman–Crippen LogP) is 3.21. The van der Waals surface area contributed by atoms with Crippen molar-refractivity contribution < 1.29 is 14.3 Å². The molecule has 0 spiro atoms. The Balaban J connectivity index is 1.32. The van der Waals surface area contributed by atoms with Crippen LogP contribution in [0.15, 0.2) is 48.5 Å². The first-order valence-corrected chi connectivity index (χ1v) is 10.1. The van der Waals surface area contributed by atoms with Gasteiger partial charge < -0.3 is 19.7 Å². The van der Waals surface area contributed by atoms with Crippen LogP contribution < -0.4 is 15.0 Å². The number of carbonyl (C=O) groups excluding carboxylic acids is 1. The third kappa shape index (κ3) is 6.27. The molecule has 28 heavy (non-hydrogen) atoms. The van der Waals surface area contributed by atoms with E-state index in [0.29, 0.717) is 6.42 Å². The number of amides is 1. The molecule has 1 fully saturated rings. The first kappa shape index (κ1) is 20.2. The van der Waals surface area contributed by atoms with Crippen LogP contribution in [0.5, 0.6) is 5.75 Å². The Morgan fingerprint density at radius 2 is 1.68 bits per heavy atom. The summed E-state index contributed by atoms with van der Waals surface area (Å²) in [6.07, 6.45) is 3.49. The molecule has 0 radical (unpaired) electrons. The van der Waals surface area contributed by atoms with E-state index in [9.17, 15) is 4.79 Å². The Morgan fingerprint density at radius 3 is 2.36 bits per heavy atom. The molecule has 0 saturated carbocycles. The topological polar surface area (TPSA) is 50.8 Å². The number of anilines is 1. The molecule has 1 saturated heterocycles. The molecule has 2 aromatic carbocycles. The number of morpholine rings is 1. The van der Waals surface area contributed by atoms with Crippen molar-refractivity contribution in [2.75, 3.05) is 44.9 Å². The van der Waals surface area contributed by atoms with E-state index in [2.05, 4.69) is 34.5 Å². The maximum atomic E-state index is 12.2. The van der Waals surface area contributed by atoms with E-state index in [-0.39, 0.29) is 5.91 Å². The molecule has 0 bridgehead atoms. The second-order valence-corrected chi connectivity index (χ2v) is 7.10. The van der Waals surface area contributed by atoms with Gasteiger partial charge in [-0.05, 0) is 54.7 Å². The number of benzene rings is 2. The molecule has 5 nitrogen and oxygen atoms in total. The molecular weight excluding hydrogens is 352 g/mol. The largest absolute Gasteiger partial charge is 0.497 e. The number of hydrogen-bond donors (Lipinski definition) is 1. The van der Waals surface area contributed by atoms with Crippen LogP contribution in [0, 0.1) is 0 Å². The number of nitrogens with zero attached hydrogens (tertiary/aromatic N) is 1. The Labute approximate surface area is 167 Å². The quantitative estimate of drug-likeness (QED) is 0.677. The normalized spacial score (nSPS) is 14.0. The fourth-order valence-corrected chi connectivity index (χ4v) is 3.37. The maximum Gasteiger partial charge on any atom is 0.224 e. The molecule has 1 N–H and O–H groups in total. The second-order valence-electron chi connectivity index (χ2n) is 7.10. The Kier molecular flexibility index (Phi) is 7.73. The third-order valence-corrected chi connectivity index (χ3v) is 5.05. The standard InChI is InChI=1S/C23H30N2O3/c1-27-22-11-7-19(8-12-22)4-2-3-13-24-23(26)18-20-5-9-21(10-6-20)25-14-16-28-17-15-25/h5-12H,2-4,13-18H2,1H3,(H,24,26). The lowest BCUT2D eigenvalue weighted by atomic mass is 10.1. The molecule has 3 rings (SSSR count). The maximum absolute atomic E-state index is 12.2. The van der Waals surface area contributed by atoms with E-state index in [1.165, 1.54) is 11.3 Å². The highest BCUT2D eigenvalue weighted by Crippen LogP contribution is 2.17. The summed E-state index contributed by atoms with van der Waals surface area (Å²) >= 11 is 0. The van der Waals surface area contributed by atoms with Crippen LogP contribution in [0.4, 0.5) is 5.69 Å². The predicted molar refractivity (Wildman–Crippen MR) is 112 cm³/mol. The van der Waals surface area contributed by atoms with Crippen molar-refractivity contribution >= 4 is 11.6 Å². The zero-order chi connectivity index (χ0) is 19.6. The molecule has 1 heterocycles. The summed E-state index contributed by atoms with van der Waals surface area (Å²) in [6.45, 7) is 4.14. The van der Waals surface area contributed by atoms with Crippen molar-refractivity contribution in [3.63, 3.8) is 0 Å². The lowest BCUT2D eigenvalue weighted by molar-refractivity contribution is -0.120. The number of carbonyl (C=O) groups is 1. The van der Waals surface area contributed by atoms with Gasteiger partial charge in [0.05, 0.1) is 26.7 Å². The number of rotatable bonds is 9. The van der Waals surface area contributed by atoms with Crippen LogP contribution >= 0.6 is 0 Å². The summed E-state index contributed by atoms with van der Waals surface area (Å²) in [7, 11) is 1.68. The van der Waals surface area contributed by atoms with E-state index in [1.54, 1.807) is 7.11 Å². The Hall–Kier alpha value is -2.53. The average Bonchev–Trinajstić information content (AvgIpc) is 2.75. The van der Waals surface area contributed by atoms with Gasteiger partial charge in [-0.1, -0.05) is 24.3 Å². The van der Waals surface area contributed by atoms with Crippen LogP contribution in [0.1, 0.15) is 24.0 Å². The van der Waals surface area contributed by atoms with Crippen LogP contribution in [0.2, 0.25) is 0 Å². The summed E-state index contributed by atoms with van der Waals surface area (Å²) in [4.78, 5) is 14.5. The highest BCUT2D eigenvalue weighted by molar-refractivity contribution is 5.78. The molecule has 0 unspecified atom stereocenters. The lowest BCUT2D eigenvalue weighted by Gasteiger charge is -2.28. The second kappa shape index (κ2) is 10.7. The van der Waals surface area contributed by atoms with Crippen molar-refractivity contribution in [1.82, 2.24) is 5.32 Å². The minimum atomic E-state index is 0.0866. The zero-order valence-electron chi connectivity index (χ0n) is 16.7. The van der Waals surface area contributed by atoms with Gasteiger partial charge in [-0.3, -0.25) is 4.79 Å². The van der Waals surface area contributed by atoms with Gasteiger partial charge in [0.15, 0.2) is 0 Å². The van der Waals surface area contributed by atoms with Gasteiger partial charge in [0, 0.05) is 25.3 Å². The summed E-state index contributed by atoms with van der Waals surface area (Å²) in [5, 5.41) is 3.03. The summed E-state index contributed by atoms with van der Waals surface area (Å²) in [6, 6.07) is 16.5. The lowest BCUT2D eigenvalue weighted by Crippen LogP contribution is -2.36. The molecule has 1 amide bonds. The number of nitrogens with one attached hydrogen (secondary N) is 1. The number of aryl methyl sites for hydroxylation is 1. The summed E-state index contributed by atoms with van der Waals surface area (Å²) in [5.74, 6) is 0.970. The highest BCUT2D eigenvalue weighted by Gasteiger charge is 2.11. The first-order valence-electron chi connectivity index (χ1n) is 10.1. The van der Waals surface area contributed by atoms with E-state index in [0.717, 1.165) is 63.4 Å². The first-order chi connectivity index (χ1) is 13.7. The van der Waals surface area contributed by atoms with E-state index >= 15 is 0 Å². The van der Waals surface area contributed by atoms with Gasteiger partial charge in [0.2, 0.25) is 5.91 Å². The smallest absolute Gasteiger partial charge is 0.224 e. The fourth-order valence-electron chi connectivity index (χ4n) is 3.37. The van der Waals surface area contributed by atoms with Gasteiger partial charge in [-0.15, -0.1) is 0 Å². The van der Waals surface area contributed by atoms with Crippen LogP contribution in [-0.2, 0) is 22.4 Å². The zero-order valence-corrected chi connectivity index (χ0v) is 16.7. The monoisotopic (exact) mass is 382 g/mol. The van der Waals surface area contributed by atoms with E-state index in [4.69, 9.17) is 9.47 Å². The molecule has 150 valence electrons. The van der Waals surface area contributed by atoms with Gasteiger partial charge in [-0.25, -0.2) is 0 Å². The number of ether oxygens (including phenoxy) is 2. The van der Waals surface area contributed by atoms with Crippen molar-refractivity contribution in [3.05, 3.63) is 59.7 Å². The molecule has 5 heteroatoms. The summed E-state index contributed by atoms with van der Waals surface area (Å²) < 4.78 is 10.6. The van der Waals surface area contributed by atoms with Gasteiger partial charge in [-0.2, -0.15) is 0 Å². The number of unbranched alkanes of at least 4 members (excludes halogenated alkanes) is 1. The van der Waals surface area contributed by atoms with Crippen molar-refractivity contribution in [2.45, 2.75) is 25.7 Å². The third-order valence-electron chi connectivity index (χ3n) is 5.05. The van der Waals surface area contributed by atoms with E-state index < -0.39 is 0 Å². The average molecular weight is 383 g/mol. The van der Waals surface area contributed by atoms with Crippen molar-refractivity contribution in [2.24, 2.45) is 0 Å². The molecular formula is C23H30N2O3. The molecule has 0 atom stereocenters. The van der Waals surface area contributed by atoms with Crippen molar-refractivity contribution in [3.8, 4) is 5.75 Å². The van der Waals surface area contributed by atoms with Crippen molar-refractivity contribution in [1.29, 1.82) is 0 Å². The number of hydrogen-bond acceptors (Lipinski definition) is 4. The fraction of sp³-hybridized carbons (Fsp3) is 0.435. The molecule has 0 aromatic heterocycles. The molecule has 1 aliphatic heterocycles. The van der Waals surface area contributed by atoms with Crippen LogP contribution in [0.25, 0.3) is 0 Å². The van der Waals surface area contributed by atoms with Crippen LogP contribution in [-0.4, -0.2) is 45.9 Å². The molecule has 2 aromatic rings. The minimum Gasteiger partial charge on any atom is -0.497 e. The number of methoxy groups -OCH3 is 1. The SMILES string of the molecule is COc1ccc(CCCCNC(=O)Cc2ccc(N3CCOCC3)cc2)cc1. The van der Waals surface area contributed by atoms with Gasteiger partial charge >= 0.3 is 0 Å². The van der Waals surface area contributed by atoms with Gasteiger partial charge in [0.1, 0.15) is 5.75 Å². The summed E-state index contributed by atoms with van der Waals surface area (Å²) in [5.41, 5.74) is 3.55. The molecule has 1 aliphatic rings. The minimum absolute atomic E-state index is 0.0866.